The molecule has 182 valence electrons. The highest BCUT2D eigenvalue weighted by atomic mass is 32.1. The van der Waals surface area contributed by atoms with Crippen LogP contribution in [-0.2, 0) is 16.1 Å². The van der Waals surface area contributed by atoms with Crippen LogP contribution in [-0.4, -0.2) is 115 Å². The maximum absolute atomic E-state index is 12.8. The molecule has 2 fully saturated rings. The molecule has 3 amide bonds. The van der Waals surface area contributed by atoms with E-state index < -0.39 is 0 Å². The SMILES string of the molecule is CN(CC(=O)N1CCN(Cc2ccccc2)CC1)CC(=O)N1CCN(C(=O)c2cccs2)CC1. The van der Waals surface area contributed by atoms with Crippen LogP contribution in [0.4, 0.5) is 0 Å². The van der Waals surface area contributed by atoms with E-state index in [-0.39, 0.29) is 30.8 Å². The normalized spacial score (nSPS) is 17.3. The zero-order valence-corrected chi connectivity index (χ0v) is 20.6. The van der Waals surface area contributed by atoms with Crippen molar-refractivity contribution in [1.82, 2.24) is 24.5 Å². The van der Waals surface area contributed by atoms with E-state index in [9.17, 15) is 14.4 Å². The van der Waals surface area contributed by atoms with Gasteiger partial charge in [0.05, 0.1) is 18.0 Å². The third kappa shape index (κ3) is 6.43. The number of thiophene rings is 1. The lowest BCUT2D eigenvalue weighted by Crippen LogP contribution is -2.53. The summed E-state index contributed by atoms with van der Waals surface area (Å²) in [5, 5.41) is 1.90. The first kappa shape index (κ1) is 24.4. The van der Waals surface area contributed by atoms with Crippen LogP contribution in [0, 0.1) is 0 Å². The highest BCUT2D eigenvalue weighted by Gasteiger charge is 2.27. The Balaban J connectivity index is 1.15. The largest absolute Gasteiger partial charge is 0.339 e. The zero-order valence-electron chi connectivity index (χ0n) is 19.8. The van der Waals surface area contributed by atoms with Crippen molar-refractivity contribution in [3.8, 4) is 0 Å². The highest BCUT2D eigenvalue weighted by molar-refractivity contribution is 7.12. The molecule has 2 aliphatic rings. The third-order valence-corrected chi connectivity index (χ3v) is 7.29. The Hall–Kier alpha value is -2.75. The van der Waals surface area contributed by atoms with E-state index in [0.29, 0.717) is 39.3 Å². The number of piperazine rings is 2. The molecule has 0 bridgehead atoms. The molecule has 2 aliphatic heterocycles. The smallest absolute Gasteiger partial charge is 0.264 e. The maximum atomic E-state index is 12.8. The second-order valence-electron chi connectivity index (χ2n) is 8.97. The average Bonchev–Trinajstić information content (AvgIpc) is 3.40. The van der Waals surface area contributed by atoms with Gasteiger partial charge in [-0.1, -0.05) is 36.4 Å². The molecule has 34 heavy (non-hydrogen) atoms. The first-order valence-corrected chi connectivity index (χ1v) is 12.7. The molecule has 2 aromatic rings. The molecular weight excluding hydrogens is 450 g/mol. The molecule has 1 aromatic heterocycles. The van der Waals surface area contributed by atoms with Crippen molar-refractivity contribution in [3.05, 3.63) is 58.3 Å². The number of likely N-dealkylation sites (N-methyl/N-ethyl adjacent to an activating group) is 1. The van der Waals surface area contributed by atoms with E-state index in [2.05, 4.69) is 29.2 Å². The zero-order chi connectivity index (χ0) is 23.9. The van der Waals surface area contributed by atoms with Crippen molar-refractivity contribution < 1.29 is 14.4 Å². The standard InChI is InChI=1S/C25H33N5O3S/c1-26(19-23(31)28-11-9-27(10-12-28)18-21-6-3-2-4-7-21)20-24(32)29-13-15-30(16-14-29)25(33)22-8-5-17-34-22/h2-8,17H,9-16,18-20H2,1H3. The highest BCUT2D eigenvalue weighted by Crippen LogP contribution is 2.14. The quantitative estimate of drug-likeness (QED) is 0.594. The Labute approximate surface area is 205 Å². The number of carbonyl (C=O) groups is 3. The van der Waals surface area contributed by atoms with E-state index in [1.807, 2.05) is 35.5 Å². The number of rotatable bonds is 7. The average molecular weight is 484 g/mol. The monoisotopic (exact) mass is 483 g/mol. The molecule has 8 nitrogen and oxygen atoms in total. The summed E-state index contributed by atoms with van der Waals surface area (Å²) in [6.45, 7) is 6.64. The molecule has 0 atom stereocenters. The Morgan fingerprint density at radius 3 is 1.88 bits per heavy atom. The number of hydrogen-bond acceptors (Lipinski definition) is 6. The lowest BCUT2D eigenvalue weighted by atomic mass is 10.2. The van der Waals surface area contributed by atoms with Gasteiger partial charge in [-0.15, -0.1) is 11.3 Å². The molecule has 2 saturated heterocycles. The van der Waals surface area contributed by atoms with Crippen LogP contribution in [0.3, 0.4) is 0 Å². The van der Waals surface area contributed by atoms with Crippen LogP contribution in [0.2, 0.25) is 0 Å². The van der Waals surface area contributed by atoms with Crippen molar-refractivity contribution in [2.45, 2.75) is 6.54 Å². The topological polar surface area (TPSA) is 67.4 Å². The van der Waals surface area contributed by atoms with Gasteiger partial charge in [-0.2, -0.15) is 0 Å². The third-order valence-electron chi connectivity index (χ3n) is 6.44. The summed E-state index contributed by atoms with van der Waals surface area (Å²) in [4.78, 5) is 48.4. The number of amides is 3. The summed E-state index contributed by atoms with van der Waals surface area (Å²) in [6, 6.07) is 14.1. The van der Waals surface area contributed by atoms with Gasteiger partial charge < -0.3 is 14.7 Å². The lowest BCUT2D eigenvalue weighted by Gasteiger charge is -2.36. The van der Waals surface area contributed by atoms with Gasteiger partial charge in [0.15, 0.2) is 0 Å². The molecule has 4 rings (SSSR count). The molecule has 1 aromatic carbocycles. The molecule has 0 unspecified atom stereocenters. The van der Waals surface area contributed by atoms with Gasteiger partial charge in [0.25, 0.3) is 5.91 Å². The summed E-state index contributed by atoms with van der Waals surface area (Å²) >= 11 is 1.44. The van der Waals surface area contributed by atoms with Crippen molar-refractivity contribution in [2.75, 3.05) is 72.5 Å². The van der Waals surface area contributed by atoms with Crippen LogP contribution >= 0.6 is 11.3 Å². The fourth-order valence-corrected chi connectivity index (χ4v) is 5.12. The van der Waals surface area contributed by atoms with Crippen LogP contribution < -0.4 is 0 Å². The summed E-state index contributed by atoms with van der Waals surface area (Å²) in [7, 11) is 1.82. The van der Waals surface area contributed by atoms with Crippen molar-refractivity contribution in [3.63, 3.8) is 0 Å². The van der Waals surface area contributed by atoms with Gasteiger partial charge in [-0.25, -0.2) is 0 Å². The Kier molecular flexibility index (Phi) is 8.31. The summed E-state index contributed by atoms with van der Waals surface area (Å²) in [5.41, 5.74) is 1.29. The molecule has 0 aliphatic carbocycles. The predicted molar refractivity (Wildman–Crippen MR) is 133 cm³/mol. The Bertz CT molecular complexity index is 952. The van der Waals surface area contributed by atoms with Gasteiger partial charge >= 0.3 is 0 Å². The summed E-state index contributed by atoms with van der Waals surface area (Å²) in [6.07, 6.45) is 0. The van der Waals surface area contributed by atoms with Gasteiger partial charge in [0.2, 0.25) is 11.8 Å². The molecule has 0 saturated carbocycles. The van der Waals surface area contributed by atoms with Crippen LogP contribution in [0.5, 0.6) is 0 Å². The second kappa shape index (κ2) is 11.6. The summed E-state index contributed by atoms with van der Waals surface area (Å²) < 4.78 is 0. The number of benzene rings is 1. The minimum atomic E-state index is 0.00574. The van der Waals surface area contributed by atoms with Gasteiger partial charge in [0.1, 0.15) is 0 Å². The van der Waals surface area contributed by atoms with E-state index in [4.69, 9.17) is 0 Å². The Morgan fingerprint density at radius 1 is 0.765 bits per heavy atom. The van der Waals surface area contributed by atoms with Crippen LogP contribution in [0.25, 0.3) is 0 Å². The Morgan fingerprint density at radius 2 is 1.32 bits per heavy atom. The van der Waals surface area contributed by atoms with Crippen LogP contribution in [0.15, 0.2) is 47.8 Å². The molecule has 3 heterocycles. The van der Waals surface area contributed by atoms with Gasteiger partial charge in [0, 0.05) is 58.9 Å². The first-order chi connectivity index (χ1) is 16.5. The molecule has 0 radical (unpaired) electrons. The van der Waals surface area contributed by atoms with Gasteiger partial charge in [-0.05, 0) is 24.1 Å². The minimum Gasteiger partial charge on any atom is -0.339 e. The molecule has 9 heteroatoms. The van der Waals surface area contributed by atoms with E-state index in [1.165, 1.54) is 16.9 Å². The molecule has 0 N–H and O–H groups in total. The lowest BCUT2D eigenvalue weighted by molar-refractivity contribution is -0.136. The first-order valence-electron chi connectivity index (χ1n) is 11.8. The predicted octanol–water partition coefficient (Wildman–Crippen LogP) is 1.31. The van der Waals surface area contributed by atoms with Crippen molar-refractivity contribution in [2.24, 2.45) is 0 Å². The fraction of sp³-hybridized carbons (Fsp3) is 0.480. The molecular formula is C25H33N5O3S. The van der Waals surface area contributed by atoms with Gasteiger partial charge in [-0.3, -0.25) is 24.2 Å². The second-order valence-corrected chi connectivity index (χ2v) is 9.91. The van der Waals surface area contributed by atoms with Crippen molar-refractivity contribution in [1.29, 1.82) is 0 Å². The molecule has 0 spiro atoms. The van der Waals surface area contributed by atoms with Crippen molar-refractivity contribution >= 4 is 29.1 Å². The number of hydrogen-bond donors (Lipinski definition) is 0. The number of carbonyl (C=O) groups excluding carboxylic acids is 3. The number of nitrogens with zero attached hydrogens (tertiary/aromatic N) is 5. The van der Waals surface area contributed by atoms with E-state index >= 15 is 0 Å². The maximum Gasteiger partial charge on any atom is 0.264 e. The van der Waals surface area contributed by atoms with E-state index in [0.717, 1.165) is 24.5 Å². The summed E-state index contributed by atoms with van der Waals surface area (Å²) in [5.74, 6) is 0.112. The minimum absolute atomic E-state index is 0.00574. The van der Waals surface area contributed by atoms with Crippen LogP contribution in [0.1, 0.15) is 15.2 Å². The fourth-order valence-electron chi connectivity index (χ4n) is 4.43. The van der Waals surface area contributed by atoms with E-state index in [1.54, 1.807) is 14.7 Å².